The fraction of sp³-hybridized carbons (Fsp3) is 0.450. The van der Waals surface area contributed by atoms with E-state index in [9.17, 15) is 19.5 Å². The molecular weight excluding hydrogens is 320 g/mol. The van der Waals surface area contributed by atoms with Crippen LogP contribution in [0.3, 0.4) is 0 Å². The second-order valence-corrected chi connectivity index (χ2v) is 7.53. The molecule has 1 N–H and O–H groups in total. The van der Waals surface area contributed by atoms with Gasteiger partial charge in [0, 0.05) is 34.8 Å². The minimum atomic E-state index is -0.467. The number of rotatable bonds is 2. The monoisotopic (exact) mass is 340 g/mol. The van der Waals surface area contributed by atoms with E-state index >= 15 is 0 Å². The van der Waals surface area contributed by atoms with Gasteiger partial charge in [-0.25, -0.2) is 4.79 Å². The van der Waals surface area contributed by atoms with Gasteiger partial charge in [0.15, 0.2) is 5.78 Å². The van der Waals surface area contributed by atoms with Crippen molar-refractivity contribution in [1.29, 1.82) is 0 Å². The number of Topliss-reactive ketones (excluding diaryl/α,β-unsaturated/α-hetero) is 1. The molecule has 1 aliphatic heterocycles. The standard InChI is InChI=1S/C20H20O5/c1-10(8-21)11-3-4-14-17(18(11)23)16(22)7-15-13-9-25-19(24)12(13)5-6-20(14,15)2/h3-4,8,10,15,23H,5-7,9H2,1-2H3/t10?,15-,20+/m0/s1. The number of cyclic esters (lactones) is 1. The average Bonchev–Trinajstić information content (AvgIpc) is 2.97. The number of ether oxygens (including phenoxy) is 1. The van der Waals surface area contributed by atoms with Gasteiger partial charge in [-0.3, -0.25) is 4.79 Å². The molecule has 1 unspecified atom stereocenters. The third kappa shape index (κ3) is 2.04. The molecule has 0 fully saturated rings. The number of benzene rings is 1. The number of hydrogen-bond acceptors (Lipinski definition) is 5. The van der Waals surface area contributed by atoms with Crippen LogP contribution < -0.4 is 0 Å². The smallest absolute Gasteiger partial charge is 0.334 e. The Hall–Kier alpha value is -2.43. The van der Waals surface area contributed by atoms with Crippen LogP contribution in [0.5, 0.6) is 5.75 Å². The summed E-state index contributed by atoms with van der Waals surface area (Å²) in [5.41, 5.74) is 3.01. The lowest BCUT2D eigenvalue weighted by atomic mass is 9.56. The normalized spacial score (nSPS) is 28.8. The maximum Gasteiger partial charge on any atom is 0.334 e. The summed E-state index contributed by atoms with van der Waals surface area (Å²) in [5, 5.41) is 10.7. The molecule has 130 valence electrons. The fourth-order valence-corrected chi connectivity index (χ4v) is 4.73. The van der Waals surface area contributed by atoms with Crippen LogP contribution >= 0.6 is 0 Å². The summed E-state index contributed by atoms with van der Waals surface area (Å²) in [6, 6.07) is 3.62. The Morgan fingerprint density at radius 3 is 2.84 bits per heavy atom. The molecule has 0 saturated heterocycles. The summed E-state index contributed by atoms with van der Waals surface area (Å²) in [7, 11) is 0. The third-order valence-electron chi connectivity index (χ3n) is 6.26. The highest BCUT2D eigenvalue weighted by atomic mass is 16.5. The number of aldehydes is 1. The third-order valence-corrected chi connectivity index (χ3v) is 6.26. The molecule has 0 spiro atoms. The van der Waals surface area contributed by atoms with Gasteiger partial charge in [0.05, 0.1) is 5.56 Å². The topological polar surface area (TPSA) is 80.7 Å². The summed E-state index contributed by atoms with van der Waals surface area (Å²) < 4.78 is 5.19. The molecule has 5 heteroatoms. The van der Waals surface area contributed by atoms with Crippen LogP contribution in [-0.2, 0) is 19.7 Å². The van der Waals surface area contributed by atoms with E-state index in [2.05, 4.69) is 6.92 Å². The lowest BCUT2D eigenvalue weighted by Crippen LogP contribution is -2.43. The van der Waals surface area contributed by atoms with Crippen molar-refractivity contribution < 1.29 is 24.2 Å². The Morgan fingerprint density at radius 2 is 2.12 bits per heavy atom. The lowest BCUT2D eigenvalue weighted by molar-refractivity contribution is -0.136. The molecule has 3 atom stereocenters. The van der Waals surface area contributed by atoms with Crippen molar-refractivity contribution in [1.82, 2.24) is 0 Å². The number of fused-ring (bicyclic) bond motifs is 4. The zero-order valence-corrected chi connectivity index (χ0v) is 14.3. The summed E-state index contributed by atoms with van der Waals surface area (Å²) in [6.07, 6.45) is 2.37. The first-order valence-electron chi connectivity index (χ1n) is 8.62. The second-order valence-electron chi connectivity index (χ2n) is 7.53. The van der Waals surface area contributed by atoms with Gasteiger partial charge >= 0.3 is 5.97 Å². The van der Waals surface area contributed by atoms with E-state index in [4.69, 9.17) is 4.74 Å². The van der Waals surface area contributed by atoms with Crippen molar-refractivity contribution in [2.75, 3.05) is 6.61 Å². The number of carbonyl (C=O) groups excluding carboxylic acids is 3. The molecule has 0 bridgehead atoms. The SMILES string of the molecule is CC(C=O)c1ccc2c(c1O)C(=O)C[C@H]1C3=C(CC[C@]21C)C(=O)OC3. The van der Waals surface area contributed by atoms with Gasteiger partial charge in [-0.05, 0) is 24.0 Å². The van der Waals surface area contributed by atoms with Gasteiger partial charge in [-0.1, -0.05) is 26.0 Å². The minimum absolute atomic E-state index is 0.0692. The number of phenols is 1. The van der Waals surface area contributed by atoms with Crippen LogP contribution in [0.15, 0.2) is 23.3 Å². The number of carbonyl (C=O) groups is 3. The zero-order chi connectivity index (χ0) is 17.9. The molecule has 1 heterocycles. The molecule has 3 aliphatic rings. The van der Waals surface area contributed by atoms with Crippen molar-refractivity contribution in [3.63, 3.8) is 0 Å². The molecule has 0 aromatic heterocycles. The number of esters is 1. The van der Waals surface area contributed by atoms with Gasteiger partial charge < -0.3 is 14.6 Å². The van der Waals surface area contributed by atoms with Gasteiger partial charge in [0.1, 0.15) is 18.6 Å². The number of hydrogen-bond donors (Lipinski definition) is 1. The first kappa shape index (κ1) is 16.1. The summed E-state index contributed by atoms with van der Waals surface area (Å²) >= 11 is 0. The van der Waals surface area contributed by atoms with Crippen molar-refractivity contribution in [2.45, 2.75) is 44.4 Å². The van der Waals surface area contributed by atoms with Crippen LogP contribution in [0.25, 0.3) is 0 Å². The second kappa shape index (κ2) is 5.28. The van der Waals surface area contributed by atoms with E-state index in [1.54, 1.807) is 13.0 Å². The predicted molar refractivity (Wildman–Crippen MR) is 89.6 cm³/mol. The predicted octanol–water partition coefficient (Wildman–Crippen LogP) is 2.80. The van der Waals surface area contributed by atoms with Crippen molar-refractivity contribution in [3.8, 4) is 5.75 Å². The van der Waals surface area contributed by atoms with E-state index in [-0.39, 0.29) is 41.9 Å². The molecule has 0 radical (unpaired) electrons. The highest BCUT2D eigenvalue weighted by Crippen LogP contribution is 2.55. The van der Waals surface area contributed by atoms with Crippen LogP contribution in [-0.4, -0.2) is 29.8 Å². The molecule has 2 aliphatic carbocycles. The Bertz CT molecular complexity index is 850. The molecule has 0 saturated carbocycles. The van der Waals surface area contributed by atoms with E-state index in [1.165, 1.54) is 0 Å². The first-order chi connectivity index (χ1) is 11.9. The largest absolute Gasteiger partial charge is 0.507 e. The number of aromatic hydroxyl groups is 1. The van der Waals surface area contributed by atoms with Gasteiger partial charge in [0.25, 0.3) is 0 Å². The first-order valence-corrected chi connectivity index (χ1v) is 8.62. The molecule has 25 heavy (non-hydrogen) atoms. The zero-order valence-electron chi connectivity index (χ0n) is 14.3. The Balaban J connectivity index is 1.89. The molecular formula is C20H20O5. The van der Waals surface area contributed by atoms with Crippen molar-refractivity contribution in [2.24, 2.45) is 5.92 Å². The summed E-state index contributed by atoms with van der Waals surface area (Å²) in [4.78, 5) is 35.8. The maximum atomic E-state index is 12.8. The van der Waals surface area contributed by atoms with E-state index in [0.29, 0.717) is 17.5 Å². The highest BCUT2D eigenvalue weighted by molar-refractivity contribution is 6.03. The van der Waals surface area contributed by atoms with Crippen LogP contribution in [0.4, 0.5) is 0 Å². The van der Waals surface area contributed by atoms with Crippen LogP contribution in [0, 0.1) is 5.92 Å². The van der Waals surface area contributed by atoms with E-state index in [1.807, 2.05) is 6.07 Å². The molecule has 5 nitrogen and oxygen atoms in total. The Morgan fingerprint density at radius 1 is 1.36 bits per heavy atom. The number of phenolic OH excluding ortho intramolecular Hbond substituents is 1. The average molecular weight is 340 g/mol. The summed E-state index contributed by atoms with van der Waals surface area (Å²) in [5.74, 6) is -1.00. The minimum Gasteiger partial charge on any atom is -0.507 e. The number of ketones is 1. The molecule has 4 rings (SSSR count). The van der Waals surface area contributed by atoms with Gasteiger partial charge in [-0.15, -0.1) is 0 Å². The van der Waals surface area contributed by atoms with Crippen LogP contribution in [0.2, 0.25) is 0 Å². The fourth-order valence-electron chi connectivity index (χ4n) is 4.73. The Kier molecular flexibility index (Phi) is 3.39. The lowest BCUT2D eigenvalue weighted by Gasteiger charge is -2.46. The Labute approximate surface area is 145 Å². The summed E-state index contributed by atoms with van der Waals surface area (Å²) in [6.45, 7) is 4.06. The quantitative estimate of drug-likeness (QED) is 0.661. The molecule has 1 aromatic carbocycles. The van der Waals surface area contributed by atoms with Gasteiger partial charge in [0.2, 0.25) is 0 Å². The highest BCUT2D eigenvalue weighted by Gasteiger charge is 2.51. The van der Waals surface area contributed by atoms with E-state index in [0.717, 1.165) is 29.4 Å². The van der Waals surface area contributed by atoms with Crippen LogP contribution in [0.1, 0.15) is 60.5 Å². The maximum absolute atomic E-state index is 12.8. The van der Waals surface area contributed by atoms with Gasteiger partial charge in [-0.2, -0.15) is 0 Å². The van der Waals surface area contributed by atoms with Crippen molar-refractivity contribution in [3.05, 3.63) is 40.0 Å². The van der Waals surface area contributed by atoms with E-state index < -0.39 is 5.92 Å². The molecule has 1 aromatic rings. The molecule has 0 amide bonds. The van der Waals surface area contributed by atoms with Crippen molar-refractivity contribution >= 4 is 18.0 Å².